The number of pyridine rings is 1. The Bertz CT molecular complexity index is 1130. The molecule has 176 valence electrons. The number of aryl methyl sites for hydroxylation is 1. The molecule has 2 heterocycles. The van der Waals surface area contributed by atoms with Crippen LogP contribution in [-0.2, 0) is 29.0 Å². The normalized spacial score (nSPS) is 18.7. The predicted octanol–water partition coefficient (Wildman–Crippen LogP) is 3.95. The number of hydrogen-bond acceptors (Lipinski definition) is 5. The molecule has 1 fully saturated rings. The van der Waals surface area contributed by atoms with E-state index in [1.165, 1.54) is 13.0 Å². The van der Waals surface area contributed by atoms with Gasteiger partial charge < -0.3 is 5.32 Å². The summed E-state index contributed by atoms with van der Waals surface area (Å²) in [4.78, 5) is 16.6. The van der Waals surface area contributed by atoms with Gasteiger partial charge >= 0.3 is 6.18 Å². The molecular formula is C19H21F5N4O3S. The average Bonchev–Trinajstić information content (AvgIpc) is 3.20. The first-order chi connectivity index (χ1) is 14.7. The van der Waals surface area contributed by atoms with Gasteiger partial charge in [-0.1, -0.05) is 6.92 Å². The summed E-state index contributed by atoms with van der Waals surface area (Å²) in [5.74, 6) is -4.72. The van der Waals surface area contributed by atoms with Crippen molar-refractivity contribution in [2.75, 3.05) is 11.6 Å². The number of amides is 1. The topological polar surface area (TPSA) is 93.9 Å². The maximum Gasteiger partial charge on any atom is 0.420 e. The highest BCUT2D eigenvalue weighted by molar-refractivity contribution is 7.90. The molecule has 1 aliphatic carbocycles. The van der Waals surface area contributed by atoms with E-state index in [1.807, 2.05) is 0 Å². The fourth-order valence-electron chi connectivity index (χ4n) is 3.74. The molecule has 1 aliphatic rings. The van der Waals surface area contributed by atoms with Crippen LogP contribution in [0, 0.1) is 5.92 Å². The number of nitrogens with zero attached hydrogens (tertiary/aromatic N) is 3. The Morgan fingerprint density at radius 3 is 2.56 bits per heavy atom. The van der Waals surface area contributed by atoms with Gasteiger partial charge in [0.2, 0.25) is 5.92 Å². The number of alkyl halides is 5. The fraction of sp³-hybridized carbons (Fsp3) is 0.526. The monoisotopic (exact) mass is 480 g/mol. The van der Waals surface area contributed by atoms with Gasteiger partial charge in [0.1, 0.15) is 11.3 Å². The molecule has 1 amide bonds. The number of nitrogens with one attached hydrogen (secondary N) is 1. The molecule has 0 aliphatic heterocycles. The lowest BCUT2D eigenvalue weighted by Gasteiger charge is -2.15. The zero-order chi connectivity index (χ0) is 23.9. The van der Waals surface area contributed by atoms with Crippen LogP contribution in [-0.4, -0.2) is 41.3 Å². The molecule has 2 aromatic heterocycles. The van der Waals surface area contributed by atoms with Crippen molar-refractivity contribution in [3.05, 3.63) is 35.3 Å². The first-order valence-electron chi connectivity index (χ1n) is 9.73. The fourth-order valence-corrected chi connectivity index (χ4v) is 4.34. The van der Waals surface area contributed by atoms with Gasteiger partial charge in [0.05, 0.1) is 5.69 Å². The largest absolute Gasteiger partial charge is 0.420 e. The number of sulfone groups is 1. The Morgan fingerprint density at radius 2 is 2.03 bits per heavy atom. The zero-order valence-corrected chi connectivity index (χ0v) is 18.0. The second kappa shape index (κ2) is 8.41. The minimum atomic E-state index is -4.91. The minimum Gasteiger partial charge on any atom is -0.320 e. The van der Waals surface area contributed by atoms with Crippen LogP contribution in [0.3, 0.4) is 0 Å². The molecule has 1 saturated carbocycles. The van der Waals surface area contributed by atoms with Crippen molar-refractivity contribution < 1.29 is 35.2 Å². The third-order valence-electron chi connectivity index (χ3n) is 5.17. The van der Waals surface area contributed by atoms with Gasteiger partial charge in [-0.3, -0.25) is 9.48 Å². The van der Waals surface area contributed by atoms with Crippen molar-refractivity contribution in [2.45, 2.75) is 56.3 Å². The summed E-state index contributed by atoms with van der Waals surface area (Å²) in [6, 6.07) is 2.23. The van der Waals surface area contributed by atoms with Gasteiger partial charge in [-0.05, 0) is 30.9 Å². The van der Waals surface area contributed by atoms with Crippen LogP contribution in [0.5, 0.6) is 0 Å². The Kier molecular flexibility index (Phi) is 6.33. The molecule has 2 aromatic rings. The predicted molar refractivity (Wildman–Crippen MR) is 104 cm³/mol. The van der Waals surface area contributed by atoms with Crippen molar-refractivity contribution in [1.29, 1.82) is 0 Å². The van der Waals surface area contributed by atoms with E-state index in [4.69, 9.17) is 0 Å². The maximum absolute atomic E-state index is 13.8. The van der Waals surface area contributed by atoms with Gasteiger partial charge in [0, 0.05) is 37.5 Å². The van der Waals surface area contributed by atoms with E-state index < -0.39 is 51.4 Å². The molecule has 0 aromatic carbocycles. The standard InChI is InChI=1S/C19H21F5N4O3S/c1-3-13-15(19(22,23)24)16(28(27-13)10-11-4-6-18(20,21)9-11)17(29)26-12-5-7-25-14(8-12)32(2,30)31/h5,7-8,11H,3-4,6,9-10H2,1-2H3,(H,25,26,29). The van der Waals surface area contributed by atoms with E-state index in [-0.39, 0.29) is 42.2 Å². The van der Waals surface area contributed by atoms with Gasteiger partial charge in [-0.2, -0.15) is 18.3 Å². The van der Waals surface area contributed by atoms with Crippen LogP contribution >= 0.6 is 0 Å². The van der Waals surface area contributed by atoms with Crippen LogP contribution in [0.25, 0.3) is 0 Å². The van der Waals surface area contributed by atoms with E-state index in [0.29, 0.717) is 0 Å². The van der Waals surface area contributed by atoms with E-state index in [2.05, 4.69) is 15.4 Å². The summed E-state index contributed by atoms with van der Waals surface area (Å²) in [6.07, 6.45) is -3.84. The quantitative estimate of drug-likeness (QED) is 0.632. The zero-order valence-electron chi connectivity index (χ0n) is 17.2. The number of rotatable bonds is 6. The van der Waals surface area contributed by atoms with Crippen LogP contribution in [0.4, 0.5) is 27.6 Å². The molecule has 1 unspecified atom stereocenters. The minimum absolute atomic E-state index is 0.0863. The first-order valence-corrected chi connectivity index (χ1v) is 11.6. The average molecular weight is 480 g/mol. The smallest absolute Gasteiger partial charge is 0.320 e. The van der Waals surface area contributed by atoms with E-state index in [9.17, 15) is 35.2 Å². The SMILES string of the molecule is CCc1nn(CC2CCC(F)(F)C2)c(C(=O)Nc2ccnc(S(C)(=O)=O)c2)c1C(F)(F)F. The van der Waals surface area contributed by atoms with Crippen LogP contribution in [0.1, 0.15) is 47.9 Å². The molecule has 1 N–H and O–H groups in total. The molecular weight excluding hydrogens is 459 g/mol. The number of hydrogen-bond donors (Lipinski definition) is 1. The van der Waals surface area contributed by atoms with Crippen molar-refractivity contribution in [1.82, 2.24) is 14.8 Å². The van der Waals surface area contributed by atoms with Gasteiger partial charge in [0.15, 0.2) is 14.9 Å². The third-order valence-corrected chi connectivity index (χ3v) is 6.15. The van der Waals surface area contributed by atoms with Crippen molar-refractivity contribution >= 4 is 21.4 Å². The molecule has 0 spiro atoms. The molecule has 0 radical (unpaired) electrons. The molecule has 1 atom stereocenters. The van der Waals surface area contributed by atoms with Crippen molar-refractivity contribution in [3.8, 4) is 0 Å². The Hall–Kier alpha value is -2.57. The number of aromatic nitrogens is 3. The number of carbonyl (C=O) groups excluding carboxylic acids is 1. The molecule has 7 nitrogen and oxygen atoms in total. The first kappa shape index (κ1) is 24.1. The second-order valence-electron chi connectivity index (χ2n) is 7.78. The van der Waals surface area contributed by atoms with Crippen molar-refractivity contribution in [3.63, 3.8) is 0 Å². The Labute approximate surface area is 180 Å². The third kappa shape index (κ3) is 5.25. The number of carbonyl (C=O) groups is 1. The highest BCUT2D eigenvalue weighted by atomic mass is 32.2. The van der Waals surface area contributed by atoms with Gasteiger partial charge in [0.25, 0.3) is 5.91 Å². The van der Waals surface area contributed by atoms with Crippen LogP contribution in [0.2, 0.25) is 0 Å². The second-order valence-corrected chi connectivity index (χ2v) is 9.74. The number of anilines is 1. The lowest BCUT2D eigenvalue weighted by molar-refractivity contribution is -0.138. The van der Waals surface area contributed by atoms with E-state index in [0.717, 1.165) is 23.2 Å². The lowest BCUT2D eigenvalue weighted by Crippen LogP contribution is -2.24. The van der Waals surface area contributed by atoms with Gasteiger partial charge in [-0.25, -0.2) is 22.2 Å². The lowest BCUT2D eigenvalue weighted by atomic mass is 10.1. The Morgan fingerprint density at radius 1 is 1.34 bits per heavy atom. The van der Waals surface area contributed by atoms with Crippen molar-refractivity contribution in [2.24, 2.45) is 5.92 Å². The maximum atomic E-state index is 13.8. The molecule has 13 heteroatoms. The summed E-state index contributed by atoms with van der Waals surface area (Å²) in [6.45, 7) is 1.17. The van der Waals surface area contributed by atoms with E-state index in [1.54, 1.807) is 0 Å². The molecule has 3 rings (SSSR count). The van der Waals surface area contributed by atoms with Gasteiger partial charge in [-0.15, -0.1) is 0 Å². The summed E-state index contributed by atoms with van der Waals surface area (Å²) in [7, 11) is -3.72. The van der Waals surface area contributed by atoms with Crippen LogP contribution < -0.4 is 5.32 Å². The number of halogens is 5. The van der Waals surface area contributed by atoms with E-state index >= 15 is 0 Å². The highest BCUT2D eigenvalue weighted by Gasteiger charge is 2.44. The molecule has 32 heavy (non-hydrogen) atoms. The summed E-state index contributed by atoms with van der Waals surface area (Å²) < 4.78 is 92.8. The van der Waals surface area contributed by atoms with Crippen LogP contribution in [0.15, 0.2) is 23.4 Å². The molecule has 0 saturated heterocycles. The summed E-state index contributed by atoms with van der Waals surface area (Å²) >= 11 is 0. The molecule has 0 bridgehead atoms. The highest BCUT2D eigenvalue weighted by Crippen LogP contribution is 2.41. The summed E-state index contributed by atoms with van der Waals surface area (Å²) in [5.41, 5.74) is -2.50. The Balaban J connectivity index is 2.01. The summed E-state index contributed by atoms with van der Waals surface area (Å²) in [5, 5.41) is 5.79.